The number of hydrogen-bond donors (Lipinski definition) is 1. The van der Waals surface area contributed by atoms with Crippen molar-refractivity contribution in [1.82, 2.24) is 10.4 Å². The first kappa shape index (κ1) is 17.3. The number of hydrazine groups is 1. The van der Waals surface area contributed by atoms with Gasteiger partial charge in [0.15, 0.2) is 0 Å². The highest BCUT2D eigenvalue weighted by atomic mass is 35.5. The second-order valence-corrected chi connectivity index (χ2v) is 5.90. The zero-order valence-corrected chi connectivity index (χ0v) is 14.8. The van der Waals surface area contributed by atoms with E-state index in [0.29, 0.717) is 5.02 Å². The summed E-state index contributed by atoms with van der Waals surface area (Å²) in [5, 5.41) is 8.50. The summed E-state index contributed by atoms with van der Waals surface area (Å²) in [6.45, 7) is 2.05. The molecule has 0 spiro atoms. The molecule has 6 nitrogen and oxygen atoms in total. The SMILES string of the molecule is CCOC(=O)C1=NN(c2ccc(Cl)cc2)[C@H](c2ccccc2)NN1C. The molecule has 25 heavy (non-hydrogen) atoms. The van der Waals surface area contributed by atoms with Crippen LogP contribution in [0.15, 0.2) is 59.7 Å². The van der Waals surface area contributed by atoms with Crippen LogP contribution < -0.4 is 10.4 Å². The Morgan fingerprint density at radius 3 is 2.52 bits per heavy atom. The Hall–Kier alpha value is -2.57. The van der Waals surface area contributed by atoms with Crippen molar-refractivity contribution in [2.75, 3.05) is 18.7 Å². The topological polar surface area (TPSA) is 57.2 Å². The Balaban J connectivity index is 2.03. The zero-order valence-electron chi connectivity index (χ0n) is 14.0. The molecular weight excluding hydrogens is 340 g/mol. The third-order valence-corrected chi connectivity index (χ3v) is 4.00. The molecule has 2 aromatic carbocycles. The smallest absolute Gasteiger partial charge is 0.377 e. The Bertz CT molecular complexity index is 764. The number of likely N-dealkylation sites (N-methyl/N-ethyl adjacent to an activating group) is 1. The highest BCUT2D eigenvalue weighted by Crippen LogP contribution is 2.29. The van der Waals surface area contributed by atoms with Crippen LogP contribution in [0.5, 0.6) is 0 Å². The molecule has 1 aliphatic heterocycles. The number of amidine groups is 1. The second kappa shape index (κ2) is 7.55. The summed E-state index contributed by atoms with van der Waals surface area (Å²) < 4.78 is 5.10. The fraction of sp³-hybridized carbons (Fsp3) is 0.222. The van der Waals surface area contributed by atoms with E-state index in [4.69, 9.17) is 16.3 Å². The van der Waals surface area contributed by atoms with Crippen LogP contribution in [0.25, 0.3) is 0 Å². The average Bonchev–Trinajstić information content (AvgIpc) is 2.63. The van der Waals surface area contributed by atoms with Gasteiger partial charge in [-0.25, -0.2) is 15.2 Å². The largest absolute Gasteiger partial charge is 0.460 e. The molecule has 0 radical (unpaired) electrons. The van der Waals surface area contributed by atoms with Crippen LogP contribution in [-0.2, 0) is 9.53 Å². The minimum Gasteiger partial charge on any atom is -0.460 e. The van der Waals surface area contributed by atoms with Gasteiger partial charge in [0.2, 0.25) is 5.84 Å². The van der Waals surface area contributed by atoms with Crippen molar-refractivity contribution < 1.29 is 9.53 Å². The van der Waals surface area contributed by atoms with E-state index in [1.54, 1.807) is 36.1 Å². The third-order valence-electron chi connectivity index (χ3n) is 3.75. The molecule has 3 rings (SSSR count). The molecule has 1 atom stereocenters. The predicted octanol–water partition coefficient (Wildman–Crippen LogP) is 3.17. The van der Waals surface area contributed by atoms with Gasteiger partial charge in [-0.05, 0) is 36.8 Å². The molecule has 130 valence electrons. The molecule has 0 aliphatic carbocycles. The fourth-order valence-corrected chi connectivity index (χ4v) is 2.68. The summed E-state index contributed by atoms with van der Waals surface area (Å²) in [6.07, 6.45) is -0.273. The van der Waals surface area contributed by atoms with Gasteiger partial charge in [-0.1, -0.05) is 41.9 Å². The van der Waals surface area contributed by atoms with Gasteiger partial charge in [0.25, 0.3) is 0 Å². The number of nitrogens with zero attached hydrogens (tertiary/aromatic N) is 3. The lowest BCUT2D eigenvalue weighted by Gasteiger charge is -2.39. The summed E-state index contributed by atoms with van der Waals surface area (Å²) in [4.78, 5) is 12.2. The van der Waals surface area contributed by atoms with Crippen molar-refractivity contribution in [1.29, 1.82) is 0 Å². The van der Waals surface area contributed by atoms with Crippen molar-refractivity contribution in [3.8, 4) is 0 Å². The minimum atomic E-state index is -0.483. The lowest BCUT2D eigenvalue weighted by atomic mass is 10.1. The van der Waals surface area contributed by atoms with Crippen LogP contribution in [0.4, 0.5) is 5.69 Å². The molecular formula is C18H19ClN4O2. The standard InChI is InChI=1S/C18H19ClN4O2/c1-3-25-18(24)17-21-23(15-11-9-14(19)10-12-15)16(20-22(17)2)13-7-5-4-6-8-13/h4-12,16,20H,3H2,1-2H3/t16-/m1/s1. The summed E-state index contributed by atoms with van der Waals surface area (Å²) in [7, 11) is 1.74. The number of benzene rings is 2. The molecule has 0 aromatic heterocycles. The fourth-order valence-electron chi connectivity index (χ4n) is 2.55. The molecule has 0 saturated heterocycles. The van der Waals surface area contributed by atoms with Crippen molar-refractivity contribution >= 4 is 29.1 Å². The number of nitrogens with one attached hydrogen (secondary N) is 1. The number of hydrogen-bond acceptors (Lipinski definition) is 6. The van der Waals surface area contributed by atoms with Crippen LogP contribution in [-0.4, -0.2) is 30.5 Å². The molecule has 0 amide bonds. The Morgan fingerprint density at radius 1 is 1.20 bits per heavy atom. The maximum atomic E-state index is 12.2. The normalized spacial score (nSPS) is 17.2. The van der Waals surface area contributed by atoms with E-state index in [-0.39, 0.29) is 18.6 Å². The van der Waals surface area contributed by atoms with Crippen molar-refractivity contribution in [3.63, 3.8) is 0 Å². The molecule has 1 heterocycles. The number of carbonyl (C=O) groups excluding carboxylic acids is 1. The van der Waals surface area contributed by atoms with Crippen LogP contribution in [0.1, 0.15) is 18.7 Å². The Labute approximate surface area is 151 Å². The minimum absolute atomic E-state index is 0.184. The van der Waals surface area contributed by atoms with E-state index in [1.165, 1.54) is 0 Å². The number of rotatable bonds is 4. The van der Waals surface area contributed by atoms with Crippen LogP contribution in [0, 0.1) is 0 Å². The number of hydrazone groups is 1. The molecule has 0 saturated carbocycles. The van der Waals surface area contributed by atoms with E-state index in [0.717, 1.165) is 11.3 Å². The van der Waals surface area contributed by atoms with Gasteiger partial charge in [0.05, 0.1) is 12.3 Å². The quantitative estimate of drug-likeness (QED) is 0.851. The number of ether oxygens (including phenoxy) is 1. The summed E-state index contributed by atoms with van der Waals surface area (Å²) in [5.41, 5.74) is 5.10. The maximum Gasteiger partial charge on any atom is 0.377 e. The summed E-state index contributed by atoms with van der Waals surface area (Å²) in [6, 6.07) is 17.2. The predicted molar refractivity (Wildman–Crippen MR) is 98.1 cm³/mol. The molecule has 0 fully saturated rings. The van der Waals surface area contributed by atoms with Crippen LogP contribution >= 0.6 is 11.6 Å². The lowest BCUT2D eigenvalue weighted by molar-refractivity contribution is -0.136. The van der Waals surface area contributed by atoms with E-state index in [9.17, 15) is 4.79 Å². The van der Waals surface area contributed by atoms with Crippen LogP contribution in [0.2, 0.25) is 5.02 Å². The van der Waals surface area contributed by atoms with Gasteiger partial charge in [-0.2, -0.15) is 0 Å². The Kier molecular flexibility index (Phi) is 5.21. The zero-order chi connectivity index (χ0) is 17.8. The third kappa shape index (κ3) is 3.75. The highest BCUT2D eigenvalue weighted by Gasteiger charge is 2.32. The first-order valence-corrected chi connectivity index (χ1v) is 8.33. The van der Waals surface area contributed by atoms with E-state index >= 15 is 0 Å². The van der Waals surface area contributed by atoms with Gasteiger partial charge in [-0.15, -0.1) is 5.10 Å². The van der Waals surface area contributed by atoms with Crippen molar-refractivity contribution in [3.05, 3.63) is 65.2 Å². The van der Waals surface area contributed by atoms with Gasteiger partial charge >= 0.3 is 5.97 Å². The first-order valence-electron chi connectivity index (χ1n) is 7.95. The molecule has 2 aromatic rings. The van der Waals surface area contributed by atoms with Gasteiger partial charge in [0.1, 0.15) is 6.17 Å². The Morgan fingerprint density at radius 2 is 1.88 bits per heavy atom. The molecule has 7 heteroatoms. The van der Waals surface area contributed by atoms with Gasteiger partial charge < -0.3 is 4.74 Å². The summed E-state index contributed by atoms with van der Waals surface area (Å²) in [5.74, 6) is -0.299. The molecule has 1 aliphatic rings. The average molecular weight is 359 g/mol. The van der Waals surface area contributed by atoms with E-state index in [2.05, 4.69) is 10.5 Å². The van der Waals surface area contributed by atoms with Crippen molar-refractivity contribution in [2.45, 2.75) is 13.1 Å². The maximum absolute atomic E-state index is 12.2. The van der Waals surface area contributed by atoms with E-state index in [1.807, 2.05) is 42.5 Å². The van der Waals surface area contributed by atoms with Gasteiger partial charge in [-0.3, -0.25) is 5.01 Å². The first-order chi connectivity index (χ1) is 12.1. The number of esters is 1. The molecule has 0 unspecified atom stereocenters. The number of anilines is 1. The second-order valence-electron chi connectivity index (χ2n) is 5.47. The van der Waals surface area contributed by atoms with Crippen LogP contribution in [0.3, 0.4) is 0 Å². The number of halogens is 1. The monoisotopic (exact) mass is 358 g/mol. The van der Waals surface area contributed by atoms with Gasteiger partial charge in [0, 0.05) is 12.1 Å². The highest BCUT2D eigenvalue weighted by molar-refractivity contribution is 6.35. The molecule has 0 bridgehead atoms. The number of carbonyl (C=O) groups is 1. The van der Waals surface area contributed by atoms with Crippen molar-refractivity contribution in [2.24, 2.45) is 5.10 Å². The summed E-state index contributed by atoms with van der Waals surface area (Å²) >= 11 is 6.00. The van der Waals surface area contributed by atoms with E-state index < -0.39 is 5.97 Å². The molecule has 1 N–H and O–H groups in total. The lowest BCUT2D eigenvalue weighted by Crippen LogP contribution is -2.55.